The van der Waals surface area contributed by atoms with Crippen LogP contribution in [0.15, 0.2) is 82.1 Å². The molecule has 2 unspecified atom stereocenters. The molecule has 0 aliphatic carbocycles. The number of fused-ring (bicyclic) bond motifs is 1. The van der Waals surface area contributed by atoms with E-state index in [1.165, 1.54) is 5.56 Å². The Hall–Kier alpha value is -3.29. The minimum Gasteiger partial charge on any atom is -0.333 e. The van der Waals surface area contributed by atoms with E-state index in [0.717, 1.165) is 22.1 Å². The second kappa shape index (κ2) is 10.6. The molecule has 6 nitrogen and oxygen atoms in total. The van der Waals surface area contributed by atoms with Crippen molar-refractivity contribution in [3.8, 4) is 5.69 Å². The third-order valence-electron chi connectivity index (χ3n) is 7.34. The number of benzene rings is 3. The van der Waals surface area contributed by atoms with Gasteiger partial charge < -0.3 is 4.90 Å². The molecule has 1 amide bonds. The molecule has 1 saturated heterocycles. The average molecular weight is 560 g/mol. The number of aryl methyl sites for hydroxylation is 1. The van der Waals surface area contributed by atoms with Crippen LogP contribution in [0.25, 0.3) is 16.6 Å². The number of piperazine rings is 1. The number of hydrogen-bond acceptors (Lipinski definition) is 4. The number of amides is 1. The number of rotatable bonds is 5. The number of nitrogens with zero attached hydrogens (tertiary/aromatic N) is 4. The zero-order chi connectivity index (χ0) is 26.1. The Kier molecular flexibility index (Phi) is 7.26. The van der Waals surface area contributed by atoms with Gasteiger partial charge in [-0.3, -0.25) is 19.1 Å². The summed E-state index contributed by atoms with van der Waals surface area (Å²) < 4.78 is 2.68. The van der Waals surface area contributed by atoms with Gasteiger partial charge in [0.25, 0.3) is 11.5 Å². The van der Waals surface area contributed by atoms with Crippen molar-refractivity contribution in [2.75, 3.05) is 19.6 Å². The summed E-state index contributed by atoms with van der Waals surface area (Å²) in [5, 5.41) is 0.597. The number of carbonyl (C=O) groups excluding carboxylic acids is 1. The summed E-state index contributed by atoms with van der Waals surface area (Å²) >= 11 is 3.49. The maximum absolute atomic E-state index is 13.7. The van der Waals surface area contributed by atoms with Crippen LogP contribution in [0.5, 0.6) is 0 Å². The summed E-state index contributed by atoms with van der Waals surface area (Å²) in [7, 11) is 0. The zero-order valence-corrected chi connectivity index (χ0v) is 23.0. The molecule has 1 fully saturated rings. The van der Waals surface area contributed by atoms with E-state index in [1.807, 2.05) is 77.7 Å². The van der Waals surface area contributed by atoms with Crippen LogP contribution in [-0.2, 0) is 6.42 Å². The highest BCUT2D eigenvalue weighted by atomic mass is 79.9. The molecule has 0 N–H and O–H groups in total. The van der Waals surface area contributed by atoms with Gasteiger partial charge in [0.2, 0.25) is 0 Å². The molecule has 1 aromatic heterocycles. The zero-order valence-electron chi connectivity index (χ0n) is 21.4. The first-order valence-corrected chi connectivity index (χ1v) is 13.6. The second-order valence-electron chi connectivity index (χ2n) is 9.67. The minimum absolute atomic E-state index is 0.0304. The lowest BCUT2D eigenvalue weighted by atomic mass is 10.1. The van der Waals surface area contributed by atoms with Gasteiger partial charge in [-0.1, -0.05) is 47.1 Å². The highest BCUT2D eigenvalue weighted by Gasteiger charge is 2.32. The average Bonchev–Trinajstić information content (AvgIpc) is 2.93. The van der Waals surface area contributed by atoms with E-state index >= 15 is 0 Å². The van der Waals surface area contributed by atoms with E-state index in [0.29, 0.717) is 36.4 Å². The van der Waals surface area contributed by atoms with Crippen molar-refractivity contribution in [1.29, 1.82) is 0 Å². The minimum atomic E-state index is -0.121. The smallest absolute Gasteiger partial charge is 0.266 e. The fourth-order valence-corrected chi connectivity index (χ4v) is 5.39. The Morgan fingerprint density at radius 3 is 2.41 bits per heavy atom. The molecule has 1 aliphatic rings. The molecular weight excluding hydrogens is 528 g/mol. The van der Waals surface area contributed by atoms with Gasteiger partial charge in [-0.2, -0.15) is 0 Å². The normalized spacial score (nSPS) is 17.2. The fraction of sp³-hybridized carbons (Fsp3) is 0.300. The molecule has 0 spiro atoms. The third-order valence-corrected chi connectivity index (χ3v) is 7.87. The predicted molar refractivity (Wildman–Crippen MR) is 151 cm³/mol. The lowest BCUT2D eigenvalue weighted by Crippen LogP contribution is -2.54. The Morgan fingerprint density at radius 2 is 1.73 bits per heavy atom. The van der Waals surface area contributed by atoms with Crippen molar-refractivity contribution in [1.82, 2.24) is 19.4 Å². The van der Waals surface area contributed by atoms with Crippen molar-refractivity contribution < 1.29 is 4.79 Å². The molecule has 37 heavy (non-hydrogen) atoms. The molecular formula is C30H31BrN4O2. The van der Waals surface area contributed by atoms with E-state index in [-0.39, 0.29) is 23.6 Å². The molecule has 1 aliphatic heterocycles. The summed E-state index contributed by atoms with van der Waals surface area (Å²) in [4.78, 5) is 36.2. The quantitative estimate of drug-likeness (QED) is 0.319. The van der Waals surface area contributed by atoms with Gasteiger partial charge in [0, 0.05) is 35.7 Å². The lowest BCUT2D eigenvalue weighted by Gasteiger charge is -2.42. The van der Waals surface area contributed by atoms with Crippen molar-refractivity contribution in [3.05, 3.63) is 105 Å². The monoisotopic (exact) mass is 558 g/mol. The van der Waals surface area contributed by atoms with Gasteiger partial charge in [-0.05, 0) is 74.4 Å². The predicted octanol–water partition coefficient (Wildman–Crippen LogP) is 5.62. The Morgan fingerprint density at radius 1 is 1.03 bits per heavy atom. The molecule has 2 heterocycles. The van der Waals surface area contributed by atoms with Crippen LogP contribution >= 0.6 is 15.9 Å². The molecule has 5 rings (SSSR count). The SMILES string of the molecule is CCc1ccc(C(=O)N2CCN(C(C)c3nc4ccccc4c(=O)n3-c3ccc(Br)cc3)CC2C)cc1. The highest BCUT2D eigenvalue weighted by molar-refractivity contribution is 9.10. The Labute approximate surface area is 225 Å². The van der Waals surface area contributed by atoms with Gasteiger partial charge in [0.15, 0.2) is 0 Å². The van der Waals surface area contributed by atoms with E-state index in [9.17, 15) is 9.59 Å². The molecule has 3 aromatic carbocycles. The largest absolute Gasteiger partial charge is 0.333 e. The number of aromatic nitrogens is 2. The van der Waals surface area contributed by atoms with E-state index in [1.54, 1.807) is 4.57 Å². The first-order valence-electron chi connectivity index (χ1n) is 12.8. The summed E-state index contributed by atoms with van der Waals surface area (Å²) in [5.74, 6) is 0.770. The Bertz CT molecular complexity index is 1480. The van der Waals surface area contributed by atoms with Crippen molar-refractivity contribution in [3.63, 3.8) is 0 Å². The van der Waals surface area contributed by atoms with Gasteiger partial charge in [0.1, 0.15) is 5.82 Å². The van der Waals surface area contributed by atoms with Crippen LogP contribution < -0.4 is 5.56 Å². The van der Waals surface area contributed by atoms with E-state index < -0.39 is 0 Å². The molecule has 2 atom stereocenters. The molecule has 7 heteroatoms. The maximum atomic E-state index is 13.7. The maximum Gasteiger partial charge on any atom is 0.266 e. The molecule has 0 bridgehead atoms. The molecule has 0 saturated carbocycles. The van der Waals surface area contributed by atoms with E-state index in [4.69, 9.17) is 4.98 Å². The molecule has 190 valence electrons. The van der Waals surface area contributed by atoms with Crippen molar-refractivity contribution >= 4 is 32.7 Å². The standard InChI is InChI=1S/C30H31BrN4O2/c1-4-22-9-11-23(12-10-22)29(36)34-18-17-33(19-20(34)2)21(3)28-32-27-8-6-5-7-26(27)30(37)35(28)25-15-13-24(31)14-16-25/h5-16,20-21H,4,17-19H2,1-3H3. The summed E-state index contributed by atoms with van der Waals surface area (Å²) in [6, 6.07) is 23.1. The van der Waals surface area contributed by atoms with Crippen LogP contribution in [0.2, 0.25) is 0 Å². The lowest BCUT2D eigenvalue weighted by molar-refractivity contribution is 0.0394. The number of halogens is 1. The van der Waals surface area contributed by atoms with Gasteiger partial charge in [0.05, 0.1) is 22.6 Å². The summed E-state index contributed by atoms with van der Waals surface area (Å²) in [5.41, 5.74) is 3.35. The van der Waals surface area contributed by atoms with Crippen LogP contribution in [0.1, 0.15) is 48.6 Å². The number of carbonyl (C=O) groups is 1. The van der Waals surface area contributed by atoms with Crippen LogP contribution in [0.4, 0.5) is 0 Å². The second-order valence-corrected chi connectivity index (χ2v) is 10.6. The van der Waals surface area contributed by atoms with Crippen molar-refractivity contribution in [2.45, 2.75) is 39.3 Å². The third kappa shape index (κ3) is 4.98. The summed E-state index contributed by atoms with van der Waals surface area (Å²) in [6.07, 6.45) is 0.954. The Balaban J connectivity index is 1.45. The fourth-order valence-electron chi connectivity index (χ4n) is 5.12. The van der Waals surface area contributed by atoms with Gasteiger partial charge >= 0.3 is 0 Å². The number of hydrogen-bond donors (Lipinski definition) is 0. The van der Waals surface area contributed by atoms with Crippen LogP contribution in [0, 0.1) is 0 Å². The first kappa shape index (κ1) is 25.4. The van der Waals surface area contributed by atoms with Crippen LogP contribution in [-0.4, -0.2) is 50.9 Å². The van der Waals surface area contributed by atoms with Gasteiger partial charge in [-0.15, -0.1) is 0 Å². The van der Waals surface area contributed by atoms with Gasteiger partial charge in [-0.25, -0.2) is 4.98 Å². The number of para-hydroxylation sites is 1. The molecule has 4 aromatic rings. The summed E-state index contributed by atoms with van der Waals surface area (Å²) in [6.45, 7) is 8.32. The van der Waals surface area contributed by atoms with Crippen LogP contribution in [0.3, 0.4) is 0 Å². The molecule has 0 radical (unpaired) electrons. The van der Waals surface area contributed by atoms with E-state index in [2.05, 4.69) is 41.6 Å². The first-order chi connectivity index (χ1) is 17.9. The highest BCUT2D eigenvalue weighted by Crippen LogP contribution is 2.26. The van der Waals surface area contributed by atoms with Crippen molar-refractivity contribution in [2.24, 2.45) is 0 Å². The topological polar surface area (TPSA) is 58.4 Å².